The summed E-state index contributed by atoms with van der Waals surface area (Å²) in [6.45, 7) is 8.22. The highest BCUT2D eigenvalue weighted by Gasteiger charge is 2.17. The van der Waals surface area contributed by atoms with E-state index in [1.54, 1.807) is 23.9 Å². The number of carbonyl (C=O) groups is 1. The summed E-state index contributed by atoms with van der Waals surface area (Å²) < 4.78 is 0. The zero-order valence-electron chi connectivity index (χ0n) is 14.9. The highest BCUT2D eigenvalue weighted by atomic mass is 32.2. The Kier molecular flexibility index (Phi) is 9.02. The molecule has 1 aliphatic heterocycles. The largest absolute Gasteiger partial charge is 0.508 e. The number of benzene rings is 2. The van der Waals surface area contributed by atoms with Crippen molar-refractivity contribution in [1.82, 2.24) is 0 Å². The van der Waals surface area contributed by atoms with Crippen LogP contribution in [-0.4, -0.2) is 16.8 Å². The van der Waals surface area contributed by atoms with Gasteiger partial charge >= 0.3 is 0 Å². The third-order valence-electron chi connectivity index (χ3n) is 3.36. The lowest BCUT2D eigenvalue weighted by Crippen LogP contribution is -2.03. The second kappa shape index (κ2) is 10.8. The first-order valence-corrected chi connectivity index (χ1v) is 9.44. The smallest absolute Gasteiger partial charge is 0.228 e. The Morgan fingerprint density at radius 1 is 1.08 bits per heavy atom. The Morgan fingerprint density at radius 3 is 2.33 bits per heavy atom. The van der Waals surface area contributed by atoms with Crippen molar-refractivity contribution in [1.29, 1.82) is 0 Å². The molecule has 24 heavy (non-hydrogen) atoms. The van der Waals surface area contributed by atoms with Gasteiger partial charge in [-0.3, -0.25) is 4.79 Å². The van der Waals surface area contributed by atoms with Crippen molar-refractivity contribution in [3.8, 4) is 5.75 Å². The molecule has 1 amide bonds. The van der Waals surface area contributed by atoms with E-state index >= 15 is 0 Å². The lowest BCUT2D eigenvalue weighted by Gasteiger charge is -2.01. The third-order valence-corrected chi connectivity index (χ3v) is 4.23. The number of phenols is 1. The Bertz CT molecular complexity index is 639. The van der Waals surface area contributed by atoms with Gasteiger partial charge in [0.2, 0.25) is 5.91 Å². The number of phenolic OH excluding ortho intramolecular Hbond substituents is 1. The predicted molar refractivity (Wildman–Crippen MR) is 104 cm³/mol. The van der Waals surface area contributed by atoms with Crippen LogP contribution in [0.4, 0.5) is 5.69 Å². The quantitative estimate of drug-likeness (QED) is 0.745. The number of nitrogens with one attached hydrogen (secondary N) is 1. The fourth-order valence-electron chi connectivity index (χ4n) is 2.19. The van der Waals surface area contributed by atoms with Gasteiger partial charge in [-0.1, -0.05) is 39.8 Å². The summed E-state index contributed by atoms with van der Waals surface area (Å²) in [4.78, 5) is 12.3. The Hall–Kier alpha value is -1.94. The van der Waals surface area contributed by atoms with Gasteiger partial charge in [-0.25, -0.2) is 0 Å². The van der Waals surface area contributed by atoms with Crippen LogP contribution >= 0.6 is 11.8 Å². The van der Waals surface area contributed by atoms with Crippen molar-refractivity contribution < 1.29 is 9.90 Å². The molecule has 0 saturated carbocycles. The summed E-state index contributed by atoms with van der Waals surface area (Å²) in [6.07, 6.45) is 1.56. The molecule has 1 heterocycles. The number of amides is 1. The molecule has 130 valence electrons. The number of thioether (sulfide) groups is 1. The van der Waals surface area contributed by atoms with Gasteiger partial charge < -0.3 is 10.4 Å². The van der Waals surface area contributed by atoms with Gasteiger partial charge in [0, 0.05) is 10.6 Å². The maximum atomic E-state index is 11.1. The molecule has 1 aliphatic rings. The third kappa shape index (κ3) is 6.28. The van der Waals surface area contributed by atoms with Crippen molar-refractivity contribution in [2.75, 3.05) is 11.1 Å². The number of aromatic hydroxyl groups is 1. The molecule has 0 radical (unpaired) electrons. The van der Waals surface area contributed by atoms with Gasteiger partial charge in [0.05, 0.1) is 6.42 Å². The molecular weight excluding hydrogens is 318 g/mol. The summed E-state index contributed by atoms with van der Waals surface area (Å²) in [5.74, 6) is 1.51. The lowest BCUT2D eigenvalue weighted by molar-refractivity contribution is -0.115. The van der Waals surface area contributed by atoms with Crippen LogP contribution in [0.2, 0.25) is 0 Å². The Labute approximate surface area is 149 Å². The lowest BCUT2D eigenvalue weighted by atomic mass is 10.2. The topological polar surface area (TPSA) is 49.3 Å². The number of carbonyl (C=O) groups excluding carboxylic acids is 1. The SMILES string of the molecule is CC.CCSc1ccc2c(c1)CC(=O)N2.CCc1ccc(O)cc1. The van der Waals surface area contributed by atoms with E-state index in [0.717, 1.165) is 23.4 Å². The summed E-state index contributed by atoms with van der Waals surface area (Å²) in [7, 11) is 0. The van der Waals surface area contributed by atoms with E-state index in [9.17, 15) is 4.79 Å². The first kappa shape index (κ1) is 20.1. The monoisotopic (exact) mass is 345 g/mol. The molecule has 4 heteroatoms. The molecule has 0 aromatic heterocycles. The second-order valence-corrected chi connectivity index (χ2v) is 6.33. The Morgan fingerprint density at radius 2 is 1.75 bits per heavy atom. The summed E-state index contributed by atoms with van der Waals surface area (Å²) in [5.41, 5.74) is 3.36. The standard InChI is InChI=1S/C10H11NOS.C8H10O.C2H6/c1-2-13-8-3-4-9-7(5-8)6-10(12)11-9;1-2-7-3-5-8(9)6-4-7;1-2/h3-5H,2,6H2,1H3,(H,11,12);3-6,9H,2H2,1H3;1-2H3. The highest BCUT2D eigenvalue weighted by molar-refractivity contribution is 7.99. The number of aryl methyl sites for hydroxylation is 1. The van der Waals surface area contributed by atoms with E-state index < -0.39 is 0 Å². The molecule has 0 fully saturated rings. The van der Waals surface area contributed by atoms with E-state index in [2.05, 4.69) is 31.3 Å². The first-order valence-electron chi connectivity index (χ1n) is 8.45. The Balaban J connectivity index is 0.000000230. The number of fused-ring (bicyclic) bond motifs is 1. The van der Waals surface area contributed by atoms with Crippen molar-refractivity contribution in [3.63, 3.8) is 0 Å². The van der Waals surface area contributed by atoms with Crippen LogP contribution in [0.25, 0.3) is 0 Å². The summed E-state index contributed by atoms with van der Waals surface area (Å²) in [6, 6.07) is 13.4. The molecule has 0 spiro atoms. The maximum absolute atomic E-state index is 11.1. The van der Waals surface area contributed by atoms with Gasteiger partial charge in [-0.15, -0.1) is 11.8 Å². The number of anilines is 1. The molecule has 0 saturated heterocycles. The van der Waals surface area contributed by atoms with Crippen LogP contribution < -0.4 is 5.32 Å². The minimum atomic E-state index is 0.105. The maximum Gasteiger partial charge on any atom is 0.228 e. The minimum Gasteiger partial charge on any atom is -0.508 e. The van der Waals surface area contributed by atoms with Gasteiger partial charge in [0.1, 0.15) is 5.75 Å². The molecule has 2 N–H and O–H groups in total. The number of hydrogen-bond donors (Lipinski definition) is 2. The van der Waals surface area contributed by atoms with E-state index in [1.165, 1.54) is 10.5 Å². The highest BCUT2D eigenvalue weighted by Crippen LogP contribution is 2.28. The summed E-state index contributed by atoms with van der Waals surface area (Å²) >= 11 is 1.80. The van der Waals surface area contributed by atoms with E-state index in [1.807, 2.05) is 32.0 Å². The minimum absolute atomic E-state index is 0.105. The molecule has 0 bridgehead atoms. The second-order valence-electron chi connectivity index (χ2n) is 5.00. The zero-order valence-corrected chi connectivity index (χ0v) is 15.7. The normalized spacial score (nSPS) is 11.4. The van der Waals surface area contributed by atoms with Crippen LogP contribution in [0.15, 0.2) is 47.4 Å². The van der Waals surface area contributed by atoms with Crippen LogP contribution in [0.1, 0.15) is 38.8 Å². The van der Waals surface area contributed by atoms with Crippen molar-refractivity contribution >= 4 is 23.4 Å². The number of hydrogen-bond acceptors (Lipinski definition) is 3. The zero-order chi connectivity index (χ0) is 17.9. The molecule has 2 aromatic carbocycles. The van der Waals surface area contributed by atoms with E-state index in [-0.39, 0.29) is 5.91 Å². The average Bonchev–Trinajstić information content (AvgIpc) is 2.98. The van der Waals surface area contributed by atoms with Gasteiger partial charge in [-0.2, -0.15) is 0 Å². The van der Waals surface area contributed by atoms with Gasteiger partial charge in [-0.05, 0) is 53.6 Å². The van der Waals surface area contributed by atoms with Crippen LogP contribution in [0.3, 0.4) is 0 Å². The molecule has 2 aromatic rings. The molecule has 3 rings (SSSR count). The molecule has 0 aliphatic carbocycles. The van der Waals surface area contributed by atoms with Crippen molar-refractivity contribution in [3.05, 3.63) is 53.6 Å². The van der Waals surface area contributed by atoms with E-state index in [4.69, 9.17) is 5.11 Å². The average molecular weight is 346 g/mol. The van der Waals surface area contributed by atoms with Gasteiger partial charge in [0.15, 0.2) is 0 Å². The molecule has 0 unspecified atom stereocenters. The molecule has 3 nitrogen and oxygen atoms in total. The number of rotatable bonds is 3. The first-order chi connectivity index (χ1) is 11.6. The molecular formula is C20H27NO2S. The van der Waals surface area contributed by atoms with E-state index in [0.29, 0.717) is 12.2 Å². The van der Waals surface area contributed by atoms with Crippen LogP contribution in [-0.2, 0) is 17.6 Å². The summed E-state index contributed by atoms with van der Waals surface area (Å²) in [5, 5.41) is 11.7. The fourth-order valence-corrected chi connectivity index (χ4v) is 2.92. The van der Waals surface area contributed by atoms with Crippen LogP contribution in [0.5, 0.6) is 5.75 Å². The van der Waals surface area contributed by atoms with Crippen molar-refractivity contribution in [2.45, 2.75) is 45.4 Å². The van der Waals surface area contributed by atoms with Crippen molar-refractivity contribution in [2.24, 2.45) is 0 Å². The fraction of sp³-hybridized carbons (Fsp3) is 0.350. The predicted octanol–water partition coefficient (Wildman–Crippen LogP) is 5.27. The van der Waals surface area contributed by atoms with Gasteiger partial charge in [0.25, 0.3) is 0 Å². The van der Waals surface area contributed by atoms with Crippen LogP contribution in [0, 0.1) is 0 Å². The molecule has 0 atom stereocenters.